The second-order valence-corrected chi connectivity index (χ2v) is 2.39. The van der Waals surface area contributed by atoms with Gasteiger partial charge in [-0.2, -0.15) is 0 Å². The Kier molecular flexibility index (Phi) is 4.61. The molecule has 0 saturated carbocycles. The van der Waals surface area contributed by atoms with E-state index in [0.717, 1.165) is 5.57 Å². The second-order valence-electron chi connectivity index (χ2n) is 2.39. The van der Waals surface area contributed by atoms with E-state index in [1.54, 1.807) is 12.4 Å². The van der Waals surface area contributed by atoms with Crippen molar-refractivity contribution in [3.8, 4) is 0 Å². The summed E-state index contributed by atoms with van der Waals surface area (Å²) < 4.78 is 0. The van der Waals surface area contributed by atoms with Gasteiger partial charge in [0.05, 0.1) is 11.4 Å². The van der Waals surface area contributed by atoms with Crippen LogP contribution in [-0.2, 0) is 0 Å². The molecule has 0 atom stereocenters. The first-order valence-corrected chi connectivity index (χ1v) is 3.64. The Morgan fingerprint density at radius 3 is 2.00 bits per heavy atom. The van der Waals surface area contributed by atoms with Crippen LogP contribution in [0.25, 0.3) is 0 Å². The minimum absolute atomic E-state index is 0.566. The lowest BCUT2D eigenvalue weighted by Crippen LogP contribution is -1.82. The lowest BCUT2D eigenvalue weighted by atomic mass is 10.3. The molecule has 0 rings (SSSR count). The minimum atomic E-state index is 0.566. The van der Waals surface area contributed by atoms with Crippen molar-refractivity contribution in [3.63, 3.8) is 0 Å². The minimum Gasteiger partial charge on any atom is -0.260 e. The van der Waals surface area contributed by atoms with Crippen LogP contribution < -0.4 is 0 Å². The summed E-state index contributed by atoms with van der Waals surface area (Å²) in [6.45, 7) is 14.7. The van der Waals surface area contributed by atoms with E-state index in [-0.39, 0.29) is 0 Å². The average molecular weight is 162 g/mol. The van der Waals surface area contributed by atoms with Crippen LogP contribution in [0.4, 0.5) is 0 Å². The van der Waals surface area contributed by atoms with Gasteiger partial charge < -0.3 is 0 Å². The van der Waals surface area contributed by atoms with E-state index in [1.165, 1.54) is 0 Å². The topological polar surface area (TPSA) is 24.7 Å². The van der Waals surface area contributed by atoms with Gasteiger partial charge in [0.1, 0.15) is 0 Å². The maximum atomic E-state index is 4.01. The fourth-order valence-corrected chi connectivity index (χ4v) is 0.493. The molecule has 0 aliphatic rings. The number of hydrogen-bond acceptors (Lipinski definition) is 2. The number of hydrogen-bond donors (Lipinski definition) is 0. The van der Waals surface area contributed by atoms with Gasteiger partial charge in [-0.25, -0.2) is 0 Å². The first-order chi connectivity index (χ1) is 5.57. The fourth-order valence-electron chi connectivity index (χ4n) is 0.493. The van der Waals surface area contributed by atoms with Crippen LogP contribution in [0, 0.1) is 0 Å². The molecule has 0 unspecified atom stereocenters. The molecule has 0 N–H and O–H groups in total. The maximum Gasteiger partial charge on any atom is 0.0808 e. The van der Waals surface area contributed by atoms with Crippen LogP contribution in [0.2, 0.25) is 0 Å². The summed E-state index contributed by atoms with van der Waals surface area (Å²) in [6, 6.07) is 0. The van der Waals surface area contributed by atoms with Gasteiger partial charge in [-0.15, -0.1) is 0 Å². The molecular weight excluding hydrogens is 148 g/mol. The number of rotatable bonds is 4. The van der Waals surface area contributed by atoms with Crippen LogP contribution in [0.3, 0.4) is 0 Å². The number of nitrogens with zero attached hydrogens (tertiary/aromatic N) is 2. The van der Waals surface area contributed by atoms with Crippen LogP contribution >= 0.6 is 0 Å². The highest BCUT2D eigenvalue weighted by Gasteiger charge is 1.91. The summed E-state index contributed by atoms with van der Waals surface area (Å²) in [5.41, 5.74) is 2.02. The third-order valence-electron chi connectivity index (χ3n) is 1.06. The van der Waals surface area contributed by atoms with Gasteiger partial charge in [0.2, 0.25) is 0 Å². The lowest BCUT2D eigenvalue weighted by molar-refractivity contribution is 1.27. The summed E-state index contributed by atoms with van der Waals surface area (Å²) in [6.07, 6.45) is 3.29. The molecule has 0 aromatic heterocycles. The van der Waals surface area contributed by atoms with Gasteiger partial charge in [-0.3, -0.25) is 9.98 Å². The molecular formula is C10H14N2. The Hall–Kier alpha value is -1.44. The largest absolute Gasteiger partial charge is 0.260 e. The molecule has 0 aromatic rings. The van der Waals surface area contributed by atoms with Crippen molar-refractivity contribution >= 4 is 12.4 Å². The quantitative estimate of drug-likeness (QED) is 0.448. The summed E-state index contributed by atoms with van der Waals surface area (Å²) in [5, 5.41) is 0. The lowest BCUT2D eigenvalue weighted by Gasteiger charge is -1.96. The Labute approximate surface area is 73.7 Å². The SMILES string of the molecule is C=C(C)/C=N\C(=C)C(=C)/N=C\C. The van der Waals surface area contributed by atoms with Gasteiger partial charge in [-0.1, -0.05) is 19.7 Å². The molecule has 2 heteroatoms. The zero-order valence-corrected chi connectivity index (χ0v) is 7.67. The Balaban J connectivity index is 4.23. The van der Waals surface area contributed by atoms with Gasteiger partial charge >= 0.3 is 0 Å². The van der Waals surface area contributed by atoms with Crippen molar-refractivity contribution in [1.29, 1.82) is 0 Å². The van der Waals surface area contributed by atoms with Gasteiger partial charge in [-0.05, 0) is 19.4 Å². The molecule has 0 bridgehead atoms. The maximum absolute atomic E-state index is 4.01. The molecule has 0 radical (unpaired) electrons. The smallest absolute Gasteiger partial charge is 0.0808 e. The normalized spacial score (nSPS) is 10.8. The molecule has 0 fully saturated rings. The van der Waals surface area contributed by atoms with Crippen molar-refractivity contribution in [3.05, 3.63) is 36.7 Å². The van der Waals surface area contributed by atoms with Gasteiger partial charge in [0, 0.05) is 12.4 Å². The van der Waals surface area contributed by atoms with E-state index in [2.05, 4.69) is 29.7 Å². The summed E-state index contributed by atoms with van der Waals surface area (Å²) >= 11 is 0. The monoisotopic (exact) mass is 162 g/mol. The first-order valence-electron chi connectivity index (χ1n) is 3.64. The summed E-state index contributed by atoms with van der Waals surface area (Å²) in [5.74, 6) is 0. The predicted molar refractivity (Wildman–Crippen MR) is 55.8 cm³/mol. The highest BCUT2D eigenvalue weighted by atomic mass is 14.8. The molecule has 64 valence electrons. The molecule has 0 amide bonds. The fraction of sp³-hybridized carbons (Fsp3) is 0.200. The van der Waals surface area contributed by atoms with Gasteiger partial charge in [0.15, 0.2) is 0 Å². The molecule has 12 heavy (non-hydrogen) atoms. The summed E-state index contributed by atoms with van der Waals surface area (Å²) in [7, 11) is 0. The predicted octanol–water partition coefficient (Wildman–Crippen LogP) is 2.75. The average Bonchev–Trinajstić information content (AvgIpc) is 2.00. The summed E-state index contributed by atoms with van der Waals surface area (Å²) in [4.78, 5) is 7.95. The molecule has 0 aliphatic carbocycles. The molecule has 2 nitrogen and oxygen atoms in total. The highest BCUT2D eigenvalue weighted by Crippen LogP contribution is 2.06. The van der Waals surface area contributed by atoms with E-state index in [0.29, 0.717) is 11.4 Å². The van der Waals surface area contributed by atoms with Crippen LogP contribution in [0.1, 0.15) is 13.8 Å². The standard InChI is InChI=1S/C10H14N2/c1-6-11-9(4)10(5)12-7-8(2)3/h6-7H,2,4-5H2,1,3H3/b11-6-,12-7-. The van der Waals surface area contributed by atoms with Crippen molar-refractivity contribution in [2.45, 2.75) is 13.8 Å². The second kappa shape index (κ2) is 5.24. The van der Waals surface area contributed by atoms with E-state index in [4.69, 9.17) is 0 Å². The van der Waals surface area contributed by atoms with E-state index in [9.17, 15) is 0 Å². The third kappa shape index (κ3) is 4.39. The highest BCUT2D eigenvalue weighted by molar-refractivity contribution is 5.78. The van der Waals surface area contributed by atoms with E-state index in [1.807, 2.05) is 13.8 Å². The number of aliphatic imine (C=N–C) groups is 2. The molecule has 0 aromatic carbocycles. The molecule has 0 aliphatic heterocycles. The Morgan fingerprint density at radius 2 is 1.58 bits per heavy atom. The zero-order valence-electron chi connectivity index (χ0n) is 7.67. The van der Waals surface area contributed by atoms with Crippen LogP contribution in [0.15, 0.2) is 46.7 Å². The third-order valence-corrected chi connectivity index (χ3v) is 1.06. The zero-order chi connectivity index (χ0) is 9.56. The van der Waals surface area contributed by atoms with Crippen molar-refractivity contribution in [2.75, 3.05) is 0 Å². The molecule has 0 heterocycles. The first kappa shape index (κ1) is 10.6. The van der Waals surface area contributed by atoms with Crippen LogP contribution in [0.5, 0.6) is 0 Å². The Morgan fingerprint density at radius 1 is 1.08 bits per heavy atom. The molecule has 0 saturated heterocycles. The van der Waals surface area contributed by atoms with E-state index >= 15 is 0 Å². The molecule has 0 spiro atoms. The van der Waals surface area contributed by atoms with E-state index < -0.39 is 0 Å². The van der Waals surface area contributed by atoms with Crippen molar-refractivity contribution in [1.82, 2.24) is 0 Å². The number of allylic oxidation sites excluding steroid dienone is 1. The van der Waals surface area contributed by atoms with Crippen molar-refractivity contribution < 1.29 is 0 Å². The Bertz CT molecular complexity index is 257. The van der Waals surface area contributed by atoms with Gasteiger partial charge in [0.25, 0.3) is 0 Å². The van der Waals surface area contributed by atoms with Crippen LogP contribution in [-0.4, -0.2) is 12.4 Å². The van der Waals surface area contributed by atoms with Crippen molar-refractivity contribution in [2.24, 2.45) is 9.98 Å².